The second-order valence-electron chi connectivity index (χ2n) is 9.22. The van der Waals surface area contributed by atoms with Crippen molar-refractivity contribution in [3.05, 3.63) is 0 Å². The third-order valence-electron chi connectivity index (χ3n) is 4.23. The Morgan fingerprint density at radius 1 is 0.122 bits per heavy atom. The fourth-order valence-electron chi connectivity index (χ4n) is 1.93. The van der Waals surface area contributed by atoms with Gasteiger partial charge in [0.15, 0.2) is 50.3 Å². The van der Waals surface area contributed by atoms with Gasteiger partial charge in [0, 0.05) is 579 Å². The van der Waals surface area contributed by atoms with Crippen LogP contribution in [0.2, 0.25) is 0 Å². The minimum Gasteiger partial charge on any atom is -0.412 e. The molecule has 0 rings (SSSR count). The first-order chi connectivity index (χ1) is 21.8. The number of hydrogen-bond acceptors (Lipinski definition) is 24. The van der Waals surface area contributed by atoms with Crippen LogP contribution in [0, 0.1) is 579 Å². The van der Waals surface area contributed by atoms with Crippen LogP contribution in [0.25, 0.3) is 0 Å². The second-order valence-corrected chi connectivity index (χ2v) is 9.22. The summed E-state index contributed by atoms with van der Waals surface area (Å²) >= 11 is 0. The molecule has 0 fully saturated rings. The van der Waals surface area contributed by atoms with Crippen LogP contribution in [0.15, 0.2) is 0 Å². The molecule has 82 heavy (non-hydrogen) atoms. The molecular weight excluding hydrogens is 3360 g/mol. The van der Waals surface area contributed by atoms with Gasteiger partial charge in [0.25, 0.3) is 0 Å². The van der Waals surface area contributed by atoms with E-state index in [-0.39, 0.29) is 735 Å². The van der Waals surface area contributed by atoms with Crippen LogP contribution >= 0.6 is 0 Å². The summed E-state index contributed by atoms with van der Waals surface area (Å²) in [4.78, 5) is 0. The van der Waals surface area contributed by atoms with Crippen LogP contribution in [0.1, 0.15) is 77.0 Å². The maximum atomic E-state index is 8.26. The molecule has 0 atom stereocenters. The van der Waals surface area contributed by atoms with E-state index in [1.807, 2.05) is 0 Å². The van der Waals surface area contributed by atoms with E-state index in [2.05, 4.69) is 0 Å². The maximum Gasteiger partial charge on any atom is 0.204 e. The minimum atomic E-state index is -2.04. The van der Waals surface area contributed by atoms with Crippen LogP contribution in [0.4, 0.5) is 0 Å². The van der Waals surface area contributed by atoms with Gasteiger partial charge in [-0.1, -0.05) is 0 Å². The van der Waals surface area contributed by atoms with Crippen molar-refractivity contribution in [2.75, 3.05) is 0 Å². The molecule has 0 aromatic heterocycles. The molecule has 0 saturated carbocycles. The molecule has 0 heterocycles. The van der Waals surface area contributed by atoms with E-state index >= 15 is 0 Å². The molecule has 0 bridgehead atoms. The fraction of sp³-hybridized carbons (Fsp3) is 1.00. The average molecular weight is 3460 g/mol. The molecular formula is C24H98O43Tb15. The first-order valence-corrected chi connectivity index (χ1v) is 14.1. The Morgan fingerprint density at radius 2 is 0.171 bits per heavy atom. The van der Waals surface area contributed by atoms with Crippen LogP contribution in [0.5, 0.6) is 0 Å². The van der Waals surface area contributed by atoms with Gasteiger partial charge in [0.05, 0.1) is 0 Å². The van der Waals surface area contributed by atoms with Gasteiger partial charge >= 0.3 is 0 Å². The number of aliphatic hydroxyl groups excluding tert-OH is 12. The zero-order valence-corrected chi connectivity index (χ0v) is 72.7. The SMILES string of the molecule is O.O.O.O.O.O.O.O.O.O.O.O.O.O.O.O.O.O.O.OC(O)C(O)O.OC(O)C(O)O.OC(O)CCCC(O)O.OC(O)CCCC(O)O.OC(O)CCCC(O)O.OC(O)CCCC(O)O.[Tb].[Tb].[Tb].[Tb].[Tb].[Tb].[Tb].[Tb].[Tb].[Tb].[Tb].[Tb].[Tb].[Tb].[Tb]. The summed E-state index contributed by atoms with van der Waals surface area (Å²) in [6.45, 7) is 0. The third kappa shape index (κ3) is 370. The maximum absolute atomic E-state index is 8.26. The molecule has 0 aromatic carbocycles. The van der Waals surface area contributed by atoms with Crippen molar-refractivity contribution in [2.24, 2.45) is 0 Å². The standard InChI is InChI=1S/4C5H12O4.2C2H6O4.19H2O.15Tb/c4*6-4(7)2-1-3-5(8)9;2*3-1(4)2(5)6;;;;;;;;;;;;;;;;;;;;;;;;;;;;;;;;;;/h4*4-9H,1-3H2;2*1-6H;19*1H2;;;;;;;;;;;;;;;. The molecule has 0 amide bonds. The quantitative estimate of drug-likeness (QED) is 0.0567. The van der Waals surface area contributed by atoms with Gasteiger partial charge in [-0.25, -0.2) is 0 Å². The topological polar surface area (TPSA) is 1080 Å². The van der Waals surface area contributed by atoms with Crippen LogP contribution < -0.4 is 0 Å². The molecule has 0 aliphatic rings. The van der Waals surface area contributed by atoms with E-state index < -0.39 is 75.5 Å². The van der Waals surface area contributed by atoms with Crippen molar-refractivity contribution in [1.29, 1.82) is 0 Å². The first kappa shape index (κ1) is 273. The molecule has 43 nitrogen and oxygen atoms in total. The summed E-state index contributed by atoms with van der Waals surface area (Å²) in [5.74, 6) is 0. The summed E-state index contributed by atoms with van der Waals surface area (Å²) in [6, 6.07) is 0. The van der Waals surface area contributed by atoms with Gasteiger partial charge in [-0.15, -0.1) is 0 Å². The minimum absolute atomic E-state index is 0. The van der Waals surface area contributed by atoms with E-state index in [0.29, 0.717) is 25.7 Å². The van der Waals surface area contributed by atoms with Gasteiger partial charge in [-0.05, 0) is 77.0 Å². The number of hydrogen-bond donors (Lipinski definition) is 24. The average Bonchev–Trinajstić information content (AvgIpc) is 2.88. The Morgan fingerprint density at radius 3 is 0.195 bits per heavy atom. The summed E-state index contributed by atoms with van der Waals surface area (Å²) in [5.41, 5.74) is 0. The molecule has 0 aliphatic heterocycles. The molecule has 15 radical (unpaired) electrons. The molecule has 0 spiro atoms. The van der Waals surface area contributed by atoms with Crippen molar-refractivity contribution < 1.29 is 806 Å². The summed E-state index contributed by atoms with van der Waals surface area (Å²) in [6.07, 6.45) is -15.6. The molecule has 58 heteroatoms. The van der Waals surface area contributed by atoms with E-state index in [4.69, 9.17) is 123 Å². The van der Waals surface area contributed by atoms with E-state index in [1.165, 1.54) is 0 Å². The normalized spacial score (nSPS) is 6.59. The van der Waals surface area contributed by atoms with Crippen molar-refractivity contribution in [3.8, 4) is 0 Å². The molecule has 0 saturated heterocycles. The Bertz CT molecular complexity index is 504. The first-order valence-electron chi connectivity index (χ1n) is 14.1. The Kier molecular flexibility index (Phi) is 726. The third-order valence-corrected chi connectivity index (χ3v) is 4.23. The van der Waals surface area contributed by atoms with Gasteiger partial charge < -0.3 is 227 Å². The summed E-state index contributed by atoms with van der Waals surface area (Å²) in [5, 5.41) is 194. The van der Waals surface area contributed by atoms with Gasteiger partial charge in [0.1, 0.15) is 0 Å². The van der Waals surface area contributed by atoms with Gasteiger partial charge in [-0.2, -0.15) is 0 Å². The zero-order chi connectivity index (χ0) is 39.4. The van der Waals surface area contributed by atoms with Crippen LogP contribution in [0.3, 0.4) is 0 Å². The molecule has 62 N–H and O–H groups in total. The smallest absolute Gasteiger partial charge is 0.204 e. The van der Waals surface area contributed by atoms with Crippen LogP contribution in [-0.4, -0.2) is 302 Å². The second kappa shape index (κ2) is 218. The molecule has 0 aliphatic carbocycles. The fourth-order valence-corrected chi connectivity index (χ4v) is 1.93. The van der Waals surface area contributed by atoms with Crippen molar-refractivity contribution in [3.63, 3.8) is 0 Å². The molecule has 587 valence electrons. The Labute approximate surface area is 933 Å². The van der Waals surface area contributed by atoms with E-state index in [0.717, 1.165) is 0 Å². The molecule has 0 aromatic rings. The number of rotatable bonds is 18. The summed E-state index contributed by atoms with van der Waals surface area (Å²) < 4.78 is 0. The van der Waals surface area contributed by atoms with Gasteiger partial charge in [-0.3, -0.25) is 0 Å². The predicted octanol–water partition coefficient (Wildman–Crippen LogP) is -25.3. The monoisotopic (exact) mass is 3460 g/mol. The van der Waals surface area contributed by atoms with Crippen molar-refractivity contribution in [2.45, 2.75) is 153 Å². The van der Waals surface area contributed by atoms with Gasteiger partial charge in [0.2, 0.25) is 25.2 Å². The van der Waals surface area contributed by atoms with Crippen molar-refractivity contribution >= 4 is 0 Å². The molecule has 0 unspecified atom stereocenters. The van der Waals surface area contributed by atoms with Crippen molar-refractivity contribution in [1.82, 2.24) is 0 Å². The zero-order valence-electron chi connectivity index (χ0n) is 40.6. The number of aliphatic hydroxyl groups is 24. The van der Waals surface area contributed by atoms with Crippen LogP contribution in [-0.2, 0) is 0 Å². The Hall–Kier alpha value is 17.6. The van der Waals surface area contributed by atoms with E-state index in [9.17, 15) is 0 Å². The predicted molar refractivity (Wildman–Crippen MR) is 223 cm³/mol. The Balaban J connectivity index is -0.00000000630. The summed E-state index contributed by atoms with van der Waals surface area (Å²) in [7, 11) is 0. The van der Waals surface area contributed by atoms with E-state index in [1.54, 1.807) is 0 Å². The largest absolute Gasteiger partial charge is 0.412 e.